The second-order valence-electron chi connectivity index (χ2n) is 5.67. The van der Waals surface area contributed by atoms with Crippen LogP contribution in [0.4, 0.5) is 5.82 Å². The van der Waals surface area contributed by atoms with Crippen LogP contribution in [0.2, 0.25) is 0 Å². The first kappa shape index (κ1) is 14.4. The van der Waals surface area contributed by atoms with Crippen LogP contribution in [0.15, 0.2) is 48.7 Å². The fourth-order valence-electron chi connectivity index (χ4n) is 2.84. The molecule has 6 heteroatoms. The molecule has 0 bridgehead atoms. The first-order valence-electron chi connectivity index (χ1n) is 7.71. The number of rotatable bonds is 3. The minimum Gasteiger partial charge on any atom is -0.488 e. The van der Waals surface area contributed by atoms with Gasteiger partial charge < -0.3 is 10.1 Å². The number of anilines is 1. The van der Waals surface area contributed by atoms with Crippen molar-refractivity contribution in [2.75, 3.05) is 5.32 Å². The zero-order valence-corrected chi connectivity index (χ0v) is 13.2. The Balaban J connectivity index is 1.59. The first-order valence-corrected chi connectivity index (χ1v) is 7.71. The highest BCUT2D eigenvalue weighted by Gasteiger charge is 2.22. The van der Waals surface area contributed by atoms with Crippen LogP contribution in [0.3, 0.4) is 0 Å². The molecule has 0 saturated heterocycles. The summed E-state index contributed by atoms with van der Waals surface area (Å²) in [6.07, 6.45) is 1.75. The summed E-state index contributed by atoms with van der Waals surface area (Å²) < 4.78 is 7.42. The molecule has 0 fully saturated rings. The molecule has 1 N–H and O–H groups in total. The number of amides is 1. The summed E-state index contributed by atoms with van der Waals surface area (Å²) in [5.74, 6) is 1.19. The van der Waals surface area contributed by atoms with Gasteiger partial charge in [-0.25, -0.2) is 4.98 Å². The molecule has 1 aliphatic heterocycles. The Bertz CT molecular complexity index is 917. The molecule has 1 amide bonds. The molecule has 24 heavy (non-hydrogen) atoms. The lowest BCUT2D eigenvalue weighted by molar-refractivity contribution is -0.116. The number of carbonyl (C=O) groups is 1. The van der Waals surface area contributed by atoms with Gasteiger partial charge in [0.2, 0.25) is 5.91 Å². The molecule has 1 aromatic carbocycles. The van der Waals surface area contributed by atoms with E-state index in [1.165, 1.54) is 0 Å². The first-order chi connectivity index (χ1) is 11.7. The normalized spacial score (nSPS) is 12.0. The van der Waals surface area contributed by atoms with Gasteiger partial charge in [0.05, 0.1) is 11.9 Å². The Kier molecular flexibility index (Phi) is 3.49. The van der Waals surface area contributed by atoms with Crippen LogP contribution in [-0.2, 0) is 17.9 Å². The van der Waals surface area contributed by atoms with E-state index in [9.17, 15) is 4.79 Å². The molecule has 3 heterocycles. The van der Waals surface area contributed by atoms with E-state index in [1.54, 1.807) is 16.9 Å². The van der Waals surface area contributed by atoms with Gasteiger partial charge in [0, 0.05) is 16.8 Å². The van der Waals surface area contributed by atoms with Crippen molar-refractivity contribution in [3.8, 4) is 17.0 Å². The van der Waals surface area contributed by atoms with Crippen molar-refractivity contribution in [2.45, 2.75) is 20.1 Å². The molecular weight excluding hydrogens is 304 g/mol. The van der Waals surface area contributed by atoms with Crippen LogP contribution in [0.25, 0.3) is 11.3 Å². The van der Waals surface area contributed by atoms with Gasteiger partial charge >= 0.3 is 0 Å². The number of nitrogens with one attached hydrogen (secondary N) is 1. The van der Waals surface area contributed by atoms with Gasteiger partial charge in [0.1, 0.15) is 24.7 Å². The second-order valence-corrected chi connectivity index (χ2v) is 5.67. The molecule has 1 aliphatic rings. The number of hydrogen-bond donors (Lipinski definition) is 1. The Hall–Kier alpha value is -3.15. The van der Waals surface area contributed by atoms with Gasteiger partial charge in [0.15, 0.2) is 0 Å². The van der Waals surface area contributed by atoms with Crippen LogP contribution < -0.4 is 10.1 Å². The monoisotopic (exact) mass is 320 g/mol. The van der Waals surface area contributed by atoms with Crippen molar-refractivity contribution < 1.29 is 9.53 Å². The van der Waals surface area contributed by atoms with Crippen LogP contribution in [0, 0.1) is 6.92 Å². The summed E-state index contributed by atoms with van der Waals surface area (Å²) in [7, 11) is 0. The Morgan fingerprint density at radius 2 is 2.12 bits per heavy atom. The molecule has 0 unspecified atom stereocenters. The van der Waals surface area contributed by atoms with Gasteiger partial charge in [0.25, 0.3) is 0 Å². The summed E-state index contributed by atoms with van der Waals surface area (Å²) in [5, 5.41) is 7.16. The highest BCUT2D eigenvalue weighted by molar-refractivity contribution is 5.90. The number of carbonyl (C=O) groups excluding carboxylic acids is 1. The predicted octanol–water partition coefficient (Wildman–Crippen LogP) is 2.78. The summed E-state index contributed by atoms with van der Waals surface area (Å²) in [6, 6.07) is 13.3. The lowest BCUT2D eigenvalue weighted by Gasteiger charge is -2.19. The van der Waals surface area contributed by atoms with E-state index < -0.39 is 0 Å². The van der Waals surface area contributed by atoms with E-state index in [2.05, 4.69) is 15.4 Å². The van der Waals surface area contributed by atoms with Gasteiger partial charge in [-0.05, 0) is 31.2 Å². The number of fused-ring (bicyclic) bond motifs is 3. The fourth-order valence-corrected chi connectivity index (χ4v) is 2.84. The third-order valence-corrected chi connectivity index (χ3v) is 3.89. The third-order valence-electron chi connectivity index (χ3n) is 3.89. The van der Waals surface area contributed by atoms with E-state index in [-0.39, 0.29) is 12.5 Å². The van der Waals surface area contributed by atoms with Crippen LogP contribution >= 0.6 is 0 Å². The topological polar surface area (TPSA) is 69.0 Å². The van der Waals surface area contributed by atoms with Crippen molar-refractivity contribution in [1.29, 1.82) is 0 Å². The van der Waals surface area contributed by atoms with Crippen LogP contribution in [0.5, 0.6) is 5.75 Å². The number of nitrogens with zero attached hydrogens (tertiary/aromatic N) is 3. The number of ether oxygens (including phenoxy) is 1. The molecule has 6 nitrogen and oxygen atoms in total. The van der Waals surface area contributed by atoms with E-state index in [4.69, 9.17) is 4.74 Å². The molecule has 2 aromatic heterocycles. The second kappa shape index (κ2) is 5.81. The molecule has 0 atom stereocenters. The smallest absolute Gasteiger partial charge is 0.247 e. The van der Waals surface area contributed by atoms with Gasteiger partial charge in [-0.3, -0.25) is 9.48 Å². The molecule has 4 rings (SSSR count). The maximum atomic E-state index is 12.3. The maximum Gasteiger partial charge on any atom is 0.247 e. The van der Waals surface area contributed by atoms with E-state index in [0.29, 0.717) is 12.4 Å². The average Bonchev–Trinajstić information content (AvgIpc) is 2.98. The average molecular weight is 320 g/mol. The highest BCUT2D eigenvalue weighted by atomic mass is 16.5. The lowest BCUT2D eigenvalue weighted by Crippen LogP contribution is -2.21. The number of para-hydroxylation sites is 1. The standard InChI is InChI=1S/C18H16N4O2/c1-12-5-4-8-16(20-12)21-17(23)10-22-18-13(9-19-22)11-24-15-7-3-2-6-14(15)18/h2-9H,10-11H2,1H3,(H,20,21,23). The number of aryl methyl sites for hydroxylation is 1. The Labute approximate surface area is 139 Å². The SMILES string of the molecule is Cc1cccc(NC(=O)Cn2ncc3c2-c2ccccc2OC3)n1. The number of benzene rings is 1. The molecular formula is C18H16N4O2. The molecule has 0 saturated carbocycles. The third kappa shape index (κ3) is 2.62. The summed E-state index contributed by atoms with van der Waals surface area (Å²) in [5.41, 5.74) is 3.73. The minimum atomic E-state index is -0.164. The largest absolute Gasteiger partial charge is 0.488 e. The van der Waals surface area contributed by atoms with E-state index in [1.807, 2.05) is 43.3 Å². The van der Waals surface area contributed by atoms with Gasteiger partial charge in [-0.1, -0.05) is 18.2 Å². The highest BCUT2D eigenvalue weighted by Crippen LogP contribution is 2.36. The Morgan fingerprint density at radius 1 is 1.25 bits per heavy atom. The lowest BCUT2D eigenvalue weighted by atomic mass is 10.0. The van der Waals surface area contributed by atoms with Crippen molar-refractivity contribution in [2.24, 2.45) is 0 Å². The molecule has 0 aliphatic carbocycles. The fraction of sp³-hybridized carbons (Fsp3) is 0.167. The van der Waals surface area contributed by atoms with Crippen molar-refractivity contribution in [3.05, 3.63) is 59.9 Å². The number of hydrogen-bond acceptors (Lipinski definition) is 4. The quantitative estimate of drug-likeness (QED) is 0.805. The zero-order chi connectivity index (χ0) is 16.5. The van der Waals surface area contributed by atoms with E-state index >= 15 is 0 Å². The van der Waals surface area contributed by atoms with Gasteiger partial charge in [-0.2, -0.15) is 5.10 Å². The summed E-state index contributed by atoms with van der Waals surface area (Å²) in [4.78, 5) is 16.6. The molecule has 120 valence electrons. The van der Waals surface area contributed by atoms with E-state index in [0.717, 1.165) is 28.3 Å². The summed E-state index contributed by atoms with van der Waals surface area (Å²) in [6.45, 7) is 2.48. The van der Waals surface area contributed by atoms with Crippen LogP contribution in [0.1, 0.15) is 11.3 Å². The Morgan fingerprint density at radius 3 is 3.00 bits per heavy atom. The van der Waals surface area contributed by atoms with Crippen molar-refractivity contribution in [1.82, 2.24) is 14.8 Å². The molecule has 0 spiro atoms. The molecule has 3 aromatic rings. The van der Waals surface area contributed by atoms with Crippen molar-refractivity contribution >= 4 is 11.7 Å². The number of aromatic nitrogens is 3. The zero-order valence-electron chi connectivity index (χ0n) is 13.2. The number of pyridine rings is 1. The predicted molar refractivity (Wildman–Crippen MR) is 89.6 cm³/mol. The molecule has 0 radical (unpaired) electrons. The maximum absolute atomic E-state index is 12.3. The van der Waals surface area contributed by atoms with Crippen molar-refractivity contribution in [3.63, 3.8) is 0 Å². The van der Waals surface area contributed by atoms with Crippen LogP contribution in [-0.4, -0.2) is 20.7 Å². The minimum absolute atomic E-state index is 0.124. The van der Waals surface area contributed by atoms with Gasteiger partial charge in [-0.15, -0.1) is 0 Å². The summed E-state index contributed by atoms with van der Waals surface area (Å²) >= 11 is 0.